The second-order valence-electron chi connectivity index (χ2n) is 3.76. The zero-order valence-electron chi connectivity index (χ0n) is 11.1. The van der Waals surface area contributed by atoms with E-state index in [1.165, 1.54) is 23.5 Å². The quantitative estimate of drug-likeness (QED) is 0.534. The SMILES string of the molecule is COc1cccc(SCC(=O)NCCSCC(=O)O)c1. The van der Waals surface area contributed by atoms with Crippen molar-refractivity contribution in [2.45, 2.75) is 4.90 Å². The number of amides is 1. The van der Waals surface area contributed by atoms with Crippen LogP contribution in [0.15, 0.2) is 29.2 Å². The van der Waals surface area contributed by atoms with Crippen molar-refractivity contribution >= 4 is 35.4 Å². The van der Waals surface area contributed by atoms with Gasteiger partial charge in [0.05, 0.1) is 18.6 Å². The van der Waals surface area contributed by atoms with E-state index >= 15 is 0 Å². The molecule has 0 bridgehead atoms. The van der Waals surface area contributed by atoms with Gasteiger partial charge in [-0.25, -0.2) is 0 Å². The second kappa shape index (κ2) is 9.55. The Hall–Kier alpha value is -1.34. The largest absolute Gasteiger partial charge is 0.497 e. The molecule has 0 atom stereocenters. The van der Waals surface area contributed by atoms with E-state index in [0.29, 0.717) is 18.1 Å². The number of hydrogen-bond acceptors (Lipinski definition) is 5. The molecule has 5 nitrogen and oxygen atoms in total. The molecule has 0 radical (unpaired) electrons. The molecule has 1 rings (SSSR count). The van der Waals surface area contributed by atoms with Crippen LogP contribution in [0.2, 0.25) is 0 Å². The Morgan fingerprint density at radius 3 is 2.85 bits per heavy atom. The molecule has 1 aromatic rings. The molecule has 0 spiro atoms. The Morgan fingerprint density at radius 2 is 2.15 bits per heavy atom. The maximum Gasteiger partial charge on any atom is 0.313 e. The first kappa shape index (κ1) is 16.7. The minimum Gasteiger partial charge on any atom is -0.497 e. The van der Waals surface area contributed by atoms with Gasteiger partial charge >= 0.3 is 5.97 Å². The average Bonchev–Trinajstić information content (AvgIpc) is 2.44. The molecule has 0 unspecified atom stereocenters. The van der Waals surface area contributed by atoms with Crippen molar-refractivity contribution in [1.82, 2.24) is 5.32 Å². The summed E-state index contributed by atoms with van der Waals surface area (Å²) in [5.41, 5.74) is 0. The van der Waals surface area contributed by atoms with Gasteiger partial charge in [0.2, 0.25) is 5.91 Å². The van der Waals surface area contributed by atoms with E-state index in [1.54, 1.807) is 7.11 Å². The highest BCUT2D eigenvalue weighted by atomic mass is 32.2. The summed E-state index contributed by atoms with van der Waals surface area (Å²) in [6.45, 7) is 0.482. The summed E-state index contributed by atoms with van der Waals surface area (Å²) in [4.78, 5) is 22.8. The van der Waals surface area contributed by atoms with Crippen LogP contribution in [0.25, 0.3) is 0 Å². The lowest BCUT2D eigenvalue weighted by molar-refractivity contribution is -0.133. The smallest absolute Gasteiger partial charge is 0.313 e. The first-order valence-corrected chi connectivity index (χ1v) is 8.09. The molecule has 2 N–H and O–H groups in total. The summed E-state index contributed by atoms with van der Waals surface area (Å²) in [7, 11) is 1.60. The molecule has 1 aromatic carbocycles. The molecule has 0 aliphatic rings. The van der Waals surface area contributed by atoms with Gasteiger partial charge in [0.1, 0.15) is 5.75 Å². The third-order valence-electron chi connectivity index (χ3n) is 2.21. The maximum atomic E-state index is 11.6. The first-order chi connectivity index (χ1) is 9.61. The van der Waals surface area contributed by atoms with Crippen molar-refractivity contribution in [3.63, 3.8) is 0 Å². The molecule has 0 saturated heterocycles. The van der Waals surface area contributed by atoms with Crippen LogP contribution in [-0.2, 0) is 9.59 Å². The van der Waals surface area contributed by atoms with Gasteiger partial charge in [0, 0.05) is 17.2 Å². The molecular formula is C13H17NO4S2. The van der Waals surface area contributed by atoms with E-state index in [9.17, 15) is 9.59 Å². The normalized spacial score (nSPS) is 10.1. The number of nitrogens with one attached hydrogen (secondary N) is 1. The second-order valence-corrected chi connectivity index (χ2v) is 5.92. The van der Waals surface area contributed by atoms with Crippen molar-refractivity contribution in [3.8, 4) is 5.75 Å². The molecule has 0 aliphatic carbocycles. The zero-order valence-corrected chi connectivity index (χ0v) is 12.8. The van der Waals surface area contributed by atoms with E-state index in [-0.39, 0.29) is 11.7 Å². The van der Waals surface area contributed by atoms with Gasteiger partial charge in [0.15, 0.2) is 0 Å². The molecule has 0 heterocycles. The lowest BCUT2D eigenvalue weighted by Crippen LogP contribution is -2.27. The molecule has 1 amide bonds. The Morgan fingerprint density at radius 1 is 1.35 bits per heavy atom. The fraction of sp³-hybridized carbons (Fsp3) is 0.385. The summed E-state index contributed by atoms with van der Waals surface area (Å²) < 4.78 is 5.11. The number of carbonyl (C=O) groups excluding carboxylic acids is 1. The van der Waals surface area contributed by atoms with Gasteiger partial charge < -0.3 is 15.2 Å². The molecule has 20 heavy (non-hydrogen) atoms. The fourth-order valence-corrected chi connectivity index (χ4v) is 2.65. The van der Waals surface area contributed by atoms with E-state index in [4.69, 9.17) is 9.84 Å². The number of rotatable bonds is 9. The number of carbonyl (C=O) groups is 2. The molecule has 0 aliphatic heterocycles. The van der Waals surface area contributed by atoms with Crippen LogP contribution < -0.4 is 10.1 Å². The highest BCUT2D eigenvalue weighted by molar-refractivity contribution is 8.00. The third kappa shape index (κ3) is 7.30. The molecule has 0 saturated carbocycles. The van der Waals surface area contributed by atoms with E-state index in [1.807, 2.05) is 24.3 Å². The van der Waals surface area contributed by atoms with Gasteiger partial charge in [-0.3, -0.25) is 9.59 Å². The summed E-state index contributed by atoms with van der Waals surface area (Å²) >= 11 is 2.72. The van der Waals surface area contributed by atoms with Crippen LogP contribution in [0.5, 0.6) is 5.75 Å². The highest BCUT2D eigenvalue weighted by Crippen LogP contribution is 2.22. The van der Waals surface area contributed by atoms with Crippen molar-refractivity contribution in [2.75, 3.05) is 30.9 Å². The summed E-state index contributed by atoms with van der Waals surface area (Å²) in [6, 6.07) is 7.52. The Kier molecular flexibility index (Phi) is 7.98. The van der Waals surface area contributed by atoms with Crippen molar-refractivity contribution in [1.29, 1.82) is 0 Å². The number of aliphatic carboxylic acids is 1. The monoisotopic (exact) mass is 315 g/mol. The summed E-state index contributed by atoms with van der Waals surface area (Å²) in [5, 5.41) is 11.2. The van der Waals surface area contributed by atoms with Crippen molar-refractivity contribution in [3.05, 3.63) is 24.3 Å². The molecule has 7 heteroatoms. The number of methoxy groups -OCH3 is 1. The van der Waals surface area contributed by atoms with Crippen LogP contribution >= 0.6 is 23.5 Å². The van der Waals surface area contributed by atoms with Gasteiger partial charge in [-0.05, 0) is 18.2 Å². The predicted molar refractivity (Wildman–Crippen MR) is 81.7 cm³/mol. The van der Waals surface area contributed by atoms with Gasteiger partial charge in [-0.2, -0.15) is 0 Å². The van der Waals surface area contributed by atoms with Gasteiger partial charge in [-0.15, -0.1) is 23.5 Å². The van der Waals surface area contributed by atoms with Crippen LogP contribution in [0.3, 0.4) is 0 Å². The van der Waals surface area contributed by atoms with Crippen molar-refractivity contribution < 1.29 is 19.4 Å². The number of carboxylic acids is 1. The van der Waals surface area contributed by atoms with Gasteiger partial charge in [0.25, 0.3) is 0 Å². The number of thioether (sulfide) groups is 2. The lowest BCUT2D eigenvalue weighted by atomic mass is 10.3. The number of benzene rings is 1. The van der Waals surface area contributed by atoms with Crippen LogP contribution in [0.1, 0.15) is 0 Å². The lowest BCUT2D eigenvalue weighted by Gasteiger charge is -2.06. The summed E-state index contributed by atoms with van der Waals surface area (Å²) in [5.74, 6) is 0.858. The average molecular weight is 315 g/mol. The zero-order chi connectivity index (χ0) is 14.8. The van der Waals surface area contributed by atoms with E-state index in [2.05, 4.69) is 5.32 Å². The minimum absolute atomic E-state index is 0.0613. The molecular weight excluding hydrogens is 298 g/mol. The molecule has 110 valence electrons. The van der Waals surface area contributed by atoms with E-state index in [0.717, 1.165) is 10.6 Å². The topological polar surface area (TPSA) is 75.6 Å². The third-order valence-corrected chi connectivity index (χ3v) is 4.14. The highest BCUT2D eigenvalue weighted by Gasteiger charge is 2.04. The van der Waals surface area contributed by atoms with Crippen LogP contribution in [-0.4, -0.2) is 47.9 Å². The number of carboxylic acid groups (broad SMARTS) is 1. The van der Waals surface area contributed by atoms with E-state index < -0.39 is 5.97 Å². The maximum absolute atomic E-state index is 11.6. The molecule has 0 fully saturated rings. The molecule has 0 aromatic heterocycles. The number of hydrogen-bond donors (Lipinski definition) is 2. The predicted octanol–water partition coefficient (Wildman–Crippen LogP) is 1.72. The Balaban J connectivity index is 2.17. The van der Waals surface area contributed by atoms with Gasteiger partial charge in [-0.1, -0.05) is 6.07 Å². The fourth-order valence-electron chi connectivity index (χ4n) is 1.31. The minimum atomic E-state index is -0.838. The van der Waals surface area contributed by atoms with Crippen LogP contribution in [0, 0.1) is 0 Å². The Labute approximate surface area is 126 Å². The van der Waals surface area contributed by atoms with Crippen molar-refractivity contribution in [2.24, 2.45) is 0 Å². The summed E-state index contributed by atoms with van der Waals surface area (Å²) in [6.07, 6.45) is 0. The number of ether oxygens (including phenoxy) is 1. The van der Waals surface area contributed by atoms with Crippen LogP contribution in [0.4, 0.5) is 0 Å². The first-order valence-electron chi connectivity index (χ1n) is 5.95. The Bertz CT molecular complexity index is 454. The standard InChI is InChI=1S/C13H17NO4S2/c1-18-10-3-2-4-11(7-10)20-8-12(15)14-5-6-19-9-13(16)17/h2-4,7H,5-6,8-9H2,1H3,(H,14,15)(H,16,17).